The molecule has 0 radical (unpaired) electrons. The summed E-state index contributed by atoms with van der Waals surface area (Å²) in [6.07, 6.45) is 6.59. The standard InChI is InChI=1S/C17H25BrFN/c1-13(2)9-10-20(15-5-3-4-6-15)12-14-7-8-17(19)16(18)11-14/h7-8,11,13,15H,3-6,9-10,12H2,1-2H3. The second-order valence-electron chi connectivity index (χ2n) is 6.34. The smallest absolute Gasteiger partial charge is 0.137 e. The Morgan fingerprint density at radius 3 is 2.60 bits per heavy atom. The van der Waals surface area contributed by atoms with Crippen LogP contribution in [0.2, 0.25) is 0 Å². The Hall–Kier alpha value is -0.410. The van der Waals surface area contributed by atoms with E-state index in [1.807, 2.05) is 12.1 Å². The number of halogens is 2. The molecule has 112 valence electrons. The van der Waals surface area contributed by atoms with E-state index in [0.29, 0.717) is 4.47 Å². The van der Waals surface area contributed by atoms with Crippen molar-refractivity contribution in [1.29, 1.82) is 0 Å². The quantitative estimate of drug-likeness (QED) is 0.671. The second-order valence-corrected chi connectivity index (χ2v) is 7.19. The van der Waals surface area contributed by atoms with Crippen molar-refractivity contribution in [1.82, 2.24) is 4.90 Å². The van der Waals surface area contributed by atoms with E-state index in [0.717, 1.165) is 25.0 Å². The van der Waals surface area contributed by atoms with Gasteiger partial charge in [0.1, 0.15) is 5.82 Å². The highest BCUT2D eigenvalue weighted by Gasteiger charge is 2.22. The summed E-state index contributed by atoms with van der Waals surface area (Å²) in [5.41, 5.74) is 1.20. The molecule has 1 aromatic rings. The number of nitrogens with zero attached hydrogens (tertiary/aromatic N) is 1. The molecule has 1 nitrogen and oxygen atoms in total. The maximum Gasteiger partial charge on any atom is 0.137 e. The highest BCUT2D eigenvalue weighted by molar-refractivity contribution is 9.10. The molecule has 0 N–H and O–H groups in total. The fourth-order valence-corrected chi connectivity index (χ4v) is 3.38. The van der Waals surface area contributed by atoms with Gasteiger partial charge in [-0.2, -0.15) is 0 Å². The Balaban J connectivity index is 2.03. The monoisotopic (exact) mass is 341 g/mol. The van der Waals surface area contributed by atoms with Gasteiger partial charge >= 0.3 is 0 Å². The van der Waals surface area contributed by atoms with Crippen LogP contribution in [0, 0.1) is 11.7 Å². The number of hydrogen-bond donors (Lipinski definition) is 0. The Morgan fingerprint density at radius 2 is 2.00 bits per heavy atom. The summed E-state index contributed by atoms with van der Waals surface area (Å²) < 4.78 is 13.9. The zero-order valence-corrected chi connectivity index (χ0v) is 14.1. The zero-order valence-electron chi connectivity index (χ0n) is 12.5. The summed E-state index contributed by atoms with van der Waals surface area (Å²) >= 11 is 3.29. The van der Waals surface area contributed by atoms with Gasteiger partial charge in [0, 0.05) is 12.6 Å². The van der Waals surface area contributed by atoms with Crippen LogP contribution in [0.5, 0.6) is 0 Å². The lowest BCUT2D eigenvalue weighted by atomic mass is 10.1. The average molecular weight is 342 g/mol. The third-order valence-corrected chi connectivity index (χ3v) is 4.81. The Kier molecular flexibility index (Phi) is 6.03. The van der Waals surface area contributed by atoms with Crippen LogP contribution >= 0.6 is 15.9 Å². The molecule has 0 atom stereocenters. The minimum Gasteiger partial charge on any atom is -0.296 e. The van der Waals surface area contributed by atoms with Crippen LogP contribution in [-0.2, 0) is 6.54 Å². The topological polar surface area (TPSA) is 3.24 Å². The molecular formula is C17H25BrFN. The molecule has 0 aromatic heterocycles. The van der Waals surface area contributed by atoms with E-state index in [2.05, 4.69) is 34.7 Å². The molecule has 2 rings (SSSR count). The van der Waals surface area contributed by atoms with E-state index in [4.69, 9.17) is 0 Å². The minimum absolute atomic E-state index is 0.177. The molecule has 0 amide bonds. The van der Waals surface area contributed by atoms with E-state index in [-0.39, 0.29) is 5.82 Å². The lowest BCUT2D eigenvalue weighted by molar-refractivity contribution is 0.179. The highest BCUT2D eigenvalue weighted by atomic mass is 79.9. The fraction of sp³-hybridized carbons (Fsp3) is 0.647. The van der Waals surface area contributed by atoms with Gasteiger partial charge < -0.3 is 0 Å². The van der Waals surface area contributed by atoms with Gasteiger partial charge in [-0.3, -0.25) is 4.90 Å². The molecule has 1 aliphatic rings. The molecule has 1 fully saturated rings. The molecule has 1 aliphatic carbocycles. The molecule has 0 spiro atoms. The van der Waals surface area contributed by atoms with Crippen molar-refractivity contribution in [2.75, 3.05) is 6.54 Å². The van der Waals surface area contributed by atoms with Crippen molar-refractivity contribution in [2.45, 2.75) is 58.5 Å². The molecule has 1 aromatic carbocycles. The molecule has 0 bridgehead atoms. The van der Waals surface area contributed by atoms with E-state index in [9.17, 15) is 4.39 Å². The Bertz CT molecular complexity index is 427. The lowest BCUT2D eigenvalue weighted by Crippen LogP contribution is -2.34. The first-order valence-electron chi connectivity index (χ1n) is 7.74. The van der Waals surface area contributed by atoms with E-state index in [1.54, 1.807) is 6.07 Å². The van der Waals surface area contributed by atoms with Crippen LogP contribution in [0.25, 0.3) is 0 Å². The lowest BCUT2D eigenvalue weighted by Gasteiger charge is -2.29. The molecule has 0 saturated heterocycles. The van der Waals surface area contributed by atoms with Gasteiger partial charge in [-0.15, -0.1) is 0 Å². The number of benzene rings is 1. The van der Waals surface area contributed by atoms with Crippen LogP contribution in [0.4, 0.5) is 4.39 Å². The Labute approximate surface area is 130 Å². The first-order valence-corrected chi connectivity index (χ1v) is 8.53. The van der Waals surface area contributed by atoms with Gasteiger partial charge in [-0.25, -0.2) is 4.39 Å². The van der Waals surface area contributed by atoms with Gasteiger partial charge in [-0.1, -0.05) is 32.8 Å². The maximum atomic E-state index is 13.3. The van der Waals surface area contributed by atoms with Gasteiger partial charge in [-0.05, 0) is 65.4 Å². The van der Waals surface area contributed by atoms with E-state index < -0.39 is 0 Å². The third-order valence-electron chi connectivity index (χ3n) is 4.20. The molecule has 3 heteroatoms. The van der Waals surface area contributed by atoms with Crippen molar-refractivity contribution in [3.8, 4) is 0 Å². The van der Waals surface area contributed by atoms with Gasteiger partial charge in [0.25, 0.3) is 0 Å². The average Bonchev–Trinajstić information content (AvgIpc) is 2.92. The predicted octanol–water partition coefficient (Wildman–Crippen LogP) is 5.38. The zero-order chi connectivity index (χ0) is 14.5. The second kappa shape index (κ2) is 7.56. The normalized spacial score (nSPS) is 16.5. The summed E-state index contributed by atoms with van der Waals surface area (Å²) in [6, 6.07) is 6.12. The molecule has 1 saturated carbocycles. The molecular weight excluding hydrogens is 317 g/mol. The van der Waals surface area contributed by atoms with Crippen LogP contribution < -0.4 is 0 Å². The SMILES string of the molecule is CC(C)CCN(Cc1ccc(F)c(Br)c1)C1CCCC1. The van der Waals surface area contributed by atoms with Gasteiger partial charge in [0.2, 0.25) is 0 Å². The first kappa shape index (κ1) is 16.0. The van der Waals surface area contributed by atoms with Gasteiger partial charge in [0.05, 0.1) is 4.47 Å². The fourth-order valence-electron chi connectivity index (χ4n) is 2.96. The molecule has 0 aliphatic heterocycles. The highest BCUT2D eigenvalue weighted by Crippen LogP contribution is 2.26. The first-order chi connectivity index (χ1) is 9.56. The van der Waals surface area contributed by atoms with Crippen molar-refractivity contribution >= 4 is 15.9 Å². The summed E-state index contributed by atoms with van der Waals surface area (Å²) in [5.74, 6) is 0.558. The van der Waals surface area contributed by atoms with Crippen LogP contribution in [0.1, 0.15) is 51.5 Å². The van der Waals surface area contributed by atoms with Crippen molar-refractivity contribution < 1.29 is 4.39 Å². The summed E-state index contributed by atoms with van der Waals surface area (Å²) in [7, 11) is 0. The van der Waals surface area contributed by atoms with Crippen LogP contribution in [-0.4, -0.2) is 17.5 Å². The largest absolute Gasteiger partial charge is 0.296 e. The van der Waals surface area contributed by atoms with Gasteiger partial charge in [0.15, 0.2) is 0 Å². The summed E-state index contributed by atoms with van der Waals surface area (Å²) in [5, 5.41) is 0. The summed E-state index contributed by atoms with van der Waals surface area (Å²) in [6.45, 7) is 6.65. The van der Waals surface area contributed by atoms with Crippen molar-refractivity contribution in [3.63, 3.8) is 0 Å². The predicted molar refractivity (Wildman–Crippen MR) is 86.2 cm³/mol. The van der Waals surface area contributed by atoms with Crippen LogP contribution in [0.3, 0.4) is 0 Å². The number of hydrogen-bond acceptors (Lipinski definition) is 1. The third kappa shape index (κ3) is 4.56. The van der Waals surface area contributed by atoms with E-state index >= 15 is 0 Å². The van der Waals surface area contributed by atoms with E-state index in [1.165, 1.54) is 37.7 Å². The van der Waals surface area contributed by atoms with Crippen molar-refractivity contribution in [2.24, 2.45) is 5.92 Å². The number of rotatable bonds is 6. The summed E-state index contributed by atoms with van der Waals surface area (Å²) in [4.78, 5) is 2.60. The molecule has 0 unspecified atom stereocenters. The van der Waals surface area contributed by atoms with Crippen molar-refractivity contribution in [3.05, 3.63) is 34.1 Å². The molecule has 20 heavy (non-hydrogen) atoms. The maximum absolute atomic E-state index is 13.3. The molecule has 0 heterocycles. The minimum atomic E-state index is -0.177. The Morgan fingerprint density at radius 1 is 1.30 bits per heavy atom. The van der Waals surface area contributed by atoms with Crippen LogP contribution in [0.15, 0.2) is 22.7 Å².